The topological polar surface area (TPSA) is 79.8 Å². The van der Waals surface area contributed by atoms with E-state index in [4.69, 9.17) is 4.42 Å². The maximum Gasteiger partial charge on any atom is 0.433 e. The van der Waals surface area contributed by atoms with Crippen molar-refractivity contribution >= 4 is 17.9 Å². The van der Waals surface area contributed by atoms with Gasteiger partial charge in [-0.1, -0.05) is 42.5 Å². The van der Waals surface area contributed by atoms with Crippen LogP contribution in [0.1, 0.15) is 16.1 Å². The summed E-state index contributed by atoms with van der Waals surface area (Å²) in [5.41, 5.74) is 1.16. The third-order valence-corrected chi connectivity index (χ3v) is 4.12. The smallest absolute Gasteiger partial charge is 0.395 e. The molecule has 2 aromatic rings. The lowest BCUT2D eigenvalue weighted by Crippen LogP contribution is -2.48. The van der Waals surface area contributed by atoms with Crippen LogP contribution in [0.2, 0.25) is 0 Å². The Kier molecular flexibility index (Phi) is 5.25. The summed E-state index contributed by atoms with van der Waals surface area (Å²) in [7, 11) is 0. The van der Waals surface area contributed by atoms with E-state index in [9.17, 15) is 14.9 Å². The van der Waals surface area contributed by atoms with Crippen molar-refractivity contribution in [2.24, 2.45) is 0 Å². The normalized spacial score (nSPS) is 15.6. The van der Waals surface area contributed by atoms with E-state index in [-0.39, 0.29) is 11.7 Å². The molecule has 0 spiro atoms. The Labute approximate surface area is 145 Å². The first-order valence-corrected chi connectivity index (χ1v) is 8.11. The summed E-state index contributed by atoms with van der Waals surface area (Å²) in [6, 6.07) is 12.7. The molecule has 0 unspecified atom stereocenters. The maximum absolute atomic E-state index is 12.3. The number of amides is 1. The van der Waals surface area contributed by atoms with Gasteiger partial charge in [0.05, 0.1) is 6.07 Å². The summed E-state index contributed by atoms with van der Waals surface area (Å²) in [6.45, 7) is 3.49. The molecule has 130 valence electrons. The quantitative estimate of drug-likeness (QED) is 0.617. The summed E-state index contributed by atoms with van der Waals surface area (Å²) in [5.74, 6) is -0.690. The van der Waals surface area contributed by atoms with Crippen LogP contribution in [0.15, 0.2) is 53.0 Å². The van der Waals surface area contributed by atoms with Gasteiger partial charge in [0.1, 0.15) is 4.92 Å². The molecular weight excluding hydrogens is 322 g/mol. The molecule has 1 aromatic heterocycles. The predicted octanol–water partition coefficient (Wildman–Crippen LogP) is 2.66. The minimum atomic E-state index is -0.645. The number of hydrogen-bond acceptors (Lipinski definition) is 5. The van der Waals surface area contributed by atoms with E-state index in [0.717, 1.165) is 25.2 Å². The van der Waals surface area contributed by atoms with Crippen LogP contribution in [0, 0.1) is 10.1 Å². The number of hydrogen-bond donors (Lipinski definition) is 0. The molecule has 1 amide bonds. The molecule has 1 saturated heterocycles. The average molecular weight is 341 g/mol. The van der Waals surface area contributed by atoms with Gasteiger partial charge < -0.3 is 9.32 Å². The van der Waals surface area contributed by atoms with Crippen molar-refractivity contribution in [3.8, 4) is 0 Å². The van der Waals surface area contributed by atoms with Crippen LogP contribution in [-0.2, 0) is 0 Å². The Balaban J connectivity index is 1.48. The molecule has 1 aliphatic rings. The molecule has 7 nitrogen and oxygen atoms in total. The standard InChI is InChI=1S/C18H19N3O4/c22-18(16-8-9-17(25-16)21(23)24)20-13-11-19(12-14-20)10-4-7-15-5-2-1-3-6-15/h1-9H,10-14H2/b7-4-. The lowest BCUT2D eigenvalue weighted by molar-refractivity contribution is -0.402. The van der Waals surface area contributed by atoms with Crippen molar-refractivity contribution in [2.45, 2.75) is 0 Å². The van der Waals surface area contributed by atoms with Crippen molar-refractivity contribution in [1.82, 2.24) is 9.80 Å². The number of benzene rings is 1. The second-order valence-electron chi connectivity index (χ2n) is 5.80. The second-order valence-corrected chi connectivity index (χ2v) is 5.80. The Hall–Kier alpha value is -2.93. The first-order valence-electron chi connectivity index (χ1n) is 8.11. The molecule has 0 N–H and O–H groups in total. The molecule has 7 heteroatoms. The molecule has 0 aliphatic carbocycles. The summed E-state index contributed by atoms with van der Waals surface area (Å²) in [4.78, 5) is 26.2. The lowest BCUT2D eigenvalue weighted by Gasteiger charge is -2.33. The monoisotopic (exact) mass is 341 g/mol. The number of piperazine rings is 1. The molecular formula is C18H19N3O4. The fraction of sp³-hybridized carbons (Fsp3) is 0.278. The maximum atomic E-state index is 12.3. The van der Waals surface area contributed by atoms with Crippen LogP contribution in [-0.4, -0.2) is 53.4 Å². The first kappa shape index (κ1) is 16.9. The van der Waals surface area contributed by atoms with Crippen LogP contribution in [0.25, 0.3) is 6.08 Å². The Morgan fingerprint density at radius 3 is 2.48 bits per heavy atom. The first-order chi connectivity index (χ1) is 12.1. The second kappa shape index (κ2) is 7.76. The van der Waals surface area contributed by atoms with Gasteiger partial charge in [-0.3, -0.25) is 19.8 Å². The molecule has 1 aromatic carbocycles. The van der Waals surface area contributed by atoms with Gasteiger partial charge in [-0.15, -0.1) is 0 Å². The third-order valence-electron chi connectivity index (χ3n) is 4.12. The number of furan rings is 1. The van der Waals surface area contributed by atoms with Gasteiger partial charge in [0.15, 0.2) is 5.76 Å². The van der Waals surface area contributed by atoms with Gasteiger partial charge in [0.25, 0.3) is 5.91 Å². The molecule has 0 radical (unpaired) electrons. The fourth-order valence-electron chi connectivity index (χ4n) is 2.73. The van der Waals surface area contributed by atoms with E-state index < -0.39 is 10.8 Å². The van der Waals surface area contributed by atoms with Crippen molar-refractivity contribution in [2.75, 3.05) is 32.7 Å². The summed E-state index contributed by atoms with van der Waals surface area (Å²) in [5, 5.41) is 10.6. The summed E-state index contributed by atoms with van der Waals surface area (Å²) in [6.07, 6.45) is 4.20. The molecule has 3 rings (SSSR count). The highest BCUT2D eigenvalue weighted by molar-refractivity contribution is 5.91. The Morgan fingerprint density at radius 1 is 1.12 bits per heavy atom. The molecule has 1 aliphatic heterocycles. The van der Waals surface area contributed by atoms with Crippen molar-refractivity contribution in [1.29, 1.82) is 0 Å². The summed E-state index contributed by atoms with van der Waals surface area (Å²) >= 11 is 0. The third kappa shape index (κ3) is 4.33. The molecule has 2 heterocycles. The number of carbonyl (C=O) groups is 1. The molecule has 25 heavy (non-hydrogen) atoms. The van der Waals surface area contributed by atoms with Gasteiger partial charge in [0, 0.05) is 32.7 Å². The van der Waals surface area contributed by atoms with Crippen LogP contribution < -0.4 is 0 Å². The highest BCUT2D eigenvalue weighted by atomic mass is 16.6. The predicted molar refractivity (Wildman–Crippen MR) is 93.2 cm³/mol. The van der Waals surface area contributed by atoms with E-state index in [1.807, 2.05) is 18.2 Å². The van der Waals surface area contributed by atoms with E-state index in [2.05, 4.69) is 29.2 Å². The van der Waals surface area contributed by atoms with Crippen LogP contribution in [0.4, 0.5) is 5.88 Å². The summed E-state index contributed by atoms with van der Waals surface area (Å²) < 4.78 is 4.99. The lowest BCUT2D eigenvalue weighted by atomic mass is 10.2. The zero-order valence-corrected chi connectivity index (χ0v) is 13.7. The van der Waals surface area contributed by atoms with E-state index in [1.165, 1.54) is 12.1 Å². The molecule has 0 bridgehead atoms. The van der Waals surface area contributed by atoms with Crippen LogP contribution in [0.5, 0.6) is 0 Å². The zero-order chi connectivity index (χ0) is 17.6. The fourth-order valence-corrected chi connectivity index (χ4v) is 2.73. The van der Waals surface area contributed by atoms with Gasteiger partial charge in [-0.05, 0) is 11.6 Å². The molecule has 0 saturated carbocycles. The van der Waals surface area contributed by atoms with Gasteiger partial charge >= 0.3 is 5.88 Å². The van der Waals surface area contributed by atoms with Crippen LogP contribution >= 0.6 is 0 Å². The van der Waals surface area contributed by atoms with E-state index in [0.29, 0.717) is 13.1 Å². The molecule has 1 fully saturated rings. The minimum absolute atomic E-state index is 0.0177. The number of nitro groups is 1. The highest BCUT2D eigenvalue weighted by Crippen LogP contribution is 2.18. The van der Waals surface area contributed by atoms with Gasteiger partial charge in [-0.2, -0.15) is 0 Å². The SMILES string of the molecule is O=C(c1ccc([N+](=O)[O-])o1)N1CCN(C/C=C\c2ccccc2)CC1. The Bertz CT molecular complexity index is 762. The Morgan fingerprint density at radius 2 is 1.84 bits per heavy atom. The van der Waals surface area contributed by atoms with Crippen LogP contribution in [0.3, 0.4) is 0 Å². The average Bonchev–Trinajstić information content (AvgIpc) is 3.13. The molecule has 0 atom stereocenters. The van der Waals surface area contributed by atoms with Crippen molar-refractivity contribution < 1.29 is 14.1 Å². The zero-order valence-electron chi connectivity index (χ0n) is 13.7. The van der Waals surface area contributed by atoms with E-state index >= 15 is 0 Å². The van der Waals surface area contributed by atoms with E-state index in [1.54, 1.807) is 4.90 Å². The van der Waals surface area contributed by atoms with Crippen molar-refractivity contribution in [3.05, 3.63) is 70.0 Å². The number of rotatable bonds is 5. The number of nitrogens with zero attached hydrogens (tertiary/aromatic N) is 3. The highest BCUT2D eigenvalue weighted by Gasteiger charge is 2.25. The largest absolute Gasteiger partial charge is 0.433 e. The van der Waals surface area contributed by atoms with Crippen molar-refractivity contribution in [3.63, 3.8) is 0 Å². The minimum Gasteiger partial charge on any atom is -0.395 e. The van der Waals surface area contributed by atoms with Gasteiger partial charge in [0.2, 0.25) is 0 Å². The van der Waals surface area contributed by atoms with Gasteiger partial charge in [-0.25, -0.2) is 0 Å². The number of carbonyl (C=O) groups excluding carboxylic acids is 1.